The lowest BCUT2D eigenvalue weighted by Gasteiger charge is -2.32. The van der Waals surface area contributed by atoms with E-state index in [0.717, 1.165) is 32.3 Å². The third kappa shape index (κ3) is 3.68. The van der Waals surface area contributed by atoms with Crippen LogP contribution in [0.2, 0.25) is 0 Å². The van der Waals surface area contributed by atoms with E-state index in [0.29, 0.717) is 30.7 Å². The summed E-state index contributed by atoms with van der Waals surface area (Å²) in [6.45, 7) is 2.57. The van der Waals surface area contributed by atoms with Crippen molar-refractivity contribution in [3.8, 4) is 0 Å². The van der Waals surface area contributed by atoms with Crippen LogP contribution >= 0.6 is 0 Å². The number of likely N-dealkylation sites (tertiary alicyclic amines) is 1. The molecule has 138 valence electrons. The van der Waals surface area contributed by atoms with Gasteiger partial charge in [-0.3, -0.25) is 14.8 Å². The Balaban J connectivity index is 1.36. The molecule has 1 aromatic heterocycles. The molecule has 2 saturated heterocycles. The number of hydrogen-bond acceptors (Lipinski definition) is 5. The van der Waals surface area contributed by atoms with Crippen molar-refractivity contribution in [3.05, 3.63) is 35.9 Å². The Morgan fingerprint density at radius 1 is 1.19 bits per heavy atom. The van der Waals surface area contributed by atoms with E-state index < -0.39 is 5.82 Å². The van der Waals surface area contributed by atoms with Gasteiger partial charge in [-0.05, 0) is 31.7 Å². The van der Waals surface area contributed by atoms with E-state index in [-0.39, 0.29) is 23.7 Å². The quantitative estimate of drug-likeness (QED) is 0.839. The normalized spacial score (nSPS) is 21.4. The lowest BCUT2D eigenvalue weighted by Crippen LogP contribution is -2.41. The van der Waals surface area contributed by atoms with Gasteiger partial charge < -0.3 is 14.4 Å². The predicted octanol–water partition coefficient (Wildman–Crippen LogP) is 2.57. The SMILES string of the molecule is O=C(c1cc2nccnc2cc1F)N1CCC(OCC2CCCO2)CC1. The number of hydrogen-bond donors (Lipinski definition) is 0. The first-order chi connectivity index (χ1) is 12.7. The van der Waals surface area contributed by atoms with Crippen LogP contribution in [0, 0.1) is 5.82 Å². The lowest BCUT2D eigenvalue weighted by atomic mass is 10.1. The summed E-state index contributed by atoms with van der Waals surface area (Å²) in [5.41, 5.74) is 1.02. The molecule has 2 fully saturated rings. The van der Waals surface area contributed by atoms with Crippen LogP contribution in [0.4, 0.5) is 4.39 Å². The van der Waals surface area contributed by atoms with Gasteiger partial charge in [0.25, 0.3) is 5.91 Å². The second kappa shape index (κ2) is 7.63. The summed E-state index contributed by atoms with van der Waals surface area (Å²) in [6, 6.07) is 2.76. The molecular weight excluding hydrogens is 337 g/mol. The van der Waals surface area contributed by atoms with Crippen LogP contribution in [0.5, 0.6) is 0 Å². The average molecular weight is 359 g/mol. The van der Waals surface area contributed by atoms with Crippen molar-refractivity contribution < 1.29 is 18.7 Å². The topological polar surface area (TPSA) is 64.6 Å². The molecule has 7 heteroatoms. The van der Waals surface area contributed by atoms with Gasteiger partial charge in [0.05, 0.1) is 35.4 Å². The van der Waals surface area contributed by atoms with Crippen molar-refractivity contribution in [2.75, 3.05) is 26.3 Å². The minimum Gasteiger partial charge on any atom is -0.376 e. The summed E-state index contributed by atoms with van der Waals surface area (Å²) < 4.78 is 25.8. The Morgan fingerprint density at radius 3 is 2.62 bits per heavy atom. The van der Waals surface area contributed by atoms with Crippen LogP contribution in [0.1, 0.15) is 36.0 Å². The van der Waals surface area contributed by atoms with Crippen LogP contribution in [0.25, 0.3) is 11.0 Å². The predicted molar refractivity (Wildman–Crippen MR) is 93.3 cm³/mol. The Bertz CT molecular complexity index is 787. The highest BCUT2D eigenvalue weighted by Gasteiger charge is 2.27. The van der Waals surface area contributed by atoms with Gasteiger partial charge in [-0.2, -0.15) is 0 Å². The highest BCUT2D eigenvalue weighted by molar-refractivity contribution is 5.97. The molecule has 0 spiro atoms. The molecule has 3 heterocycles. The average Bonchev–Trinajstić information content (AvgIpc) is 3.19. The smallest absolute Gasteiger partial charge is 0.256 e. The number of amides is 1. The number of aromatic nitrogens is 2. The monoisotopic (exact) mass is 359 g/mol. The number of carbonyl (C=O) groups is 1. The zero-order chi connectivity index (χ0) is 17.9. The van der Waals surface area contributed by atoms with Gasteiger partial charge in [-0.1, -0.05) is 0 Å². The summed E-state index contributed by atoms with van der Waals surface area (Å²) in [7, 11) is 0. The Kier molecular flexibility index (Phi) is 5.08. The molecule has 1 atom stereocenters. The van der Waals surface area contributed by atoms with Crippen molar-refractivity contribution in [3.63, 3.8) is 0 Å². The molecule has 0 bridgehead atoms. The van der Waals surface area contributed by atoms with E-state index in [1.165, 1.54) is 24.5 Å². The minimum atomic E-state index is -0.556. The number of rotatable bonds is 4. The molecule has 1 aromatic carbocycles. The number of carbonyl (C=O) groups excluding carboxylic acids is 1. The van der Waals surface area contributed by atoms with Crippen molar-refractivity contribution in [1.29, 1.82) is 0 Å². The molecule has 6 nitrogen and oxygen atoms in total. The number of halogens is 1. The number of fused-ring (bicyclic) bond motifs is 1. The van der Waals surface area contributed by atoms with Crippen LogP contribution < -0.4 is 0 Å². The number of ether oxygens (including phenoxy) is 2. The fraction of sp³-hybridized carbons (Fsp3) is 0.526. The van der Waals surface area contributed by atoms with Gasteiger partial charge in [0.2, 0.25) is 0 Å². The van der Waals surface area contributed by atoms with Crippen LogP contribution in [-0.2, 0) is 9.47 Å². The fourth-order valence-electron chi connectivity index (χ4n) is 3.56. The molecule has 0 saturated carbocycles. The Labute approximate surface area is 151 Å². The number of benzene rings is 1. The van der Waals surface area contributed by atoms with E-state index in [1.54, 1.807) is 4.90 Å². The van der Waals surface area contributed by atoms with E-state index in [1.807, 2.05) is 0 Å². The molecule has 0 N–H and O–H groups in total. The molecular formula is C19H22FN3O3. The highest BCUT2D eigenvalue weighted by Crippen LogP contribution is 2.21. The summed E-state index contributed by atoms with van der Waals surface area (Å²) in [5.74, 6) is -0.854. The molecule has 26 heavy (non-hydrogen) atoms. The molecule has 1 amide bonds. The Hall–Kier alpha value is -2.12. The molecule has 1 unspecified atom stereocenters. The zero-order valence-electron chi connectivity index (χ0n) is 14.6. The van der Waals surface area contributed by atoms with Gasteiger partial charge >= 0.3 is 0 Å². The summed E-state index contributed by atoms with van der Waals surface area (Å²) in [6.07, 6.45) is 7.05. The van der Waals surface area contributed by atoms with Gasteiger partial charge in [-0.15, -0.1) is 0 Å². The third-order valence-electron chi connectivity index (χ3n) is 5.06. The van der Waals surface area contributed by atoms with Gasteiger partial charge in [0.15, 0.2) is 0 Å². The van der Waals surface area contributed by atoms with Crippen LogP contribution in [-0.4, -0.2) is 59.3 Å². The van der Waals surface area contributed by atoms with Crippen molar-refractivity contribution in [1.82, 2.24) is 14.9 Å². The standard InChI is InChI=1S/C19H22FN3O3/c20-16-11-18-17(21-5-6-22-18)10-15(16)19(24)23-7-3-13(4-8-23)26-12-14-2-1-9-25-14/h5-6,10-11,13-14H,1-4,7-9,12H2. The largest absolute Gasteiger partial charge is 0.376 e. The maximum absolute atomic E-state index is 14.3. The van der Waals surface area contributed by atoms with Gasteiger partial charge in [-0.25, -0.2) is 4.39 Å². The first-order valence-corrected chi connectivity index (χ1v) is 9.13. The van der Waals surface area contributed by atoms with E-state index in [2.05, 4.69) is 9.97 Å². The molecule has 2 aliphatic heterocycles. The van der Waals surface area contributed by atoms with Gasteiger partial charge in [0, 0.05) is 38.2 Å². The lowest BCUT2D eigenvalue weighted by molar-refractivity contribution is -0.0395. The van der Waals surface area contributed by atoms with Crippen molar-refractivity contribution >= 4 is 16.9 Å². The molecule has 2 aliphatic rings. The maximum atomic E-state index is 14.3. The van der Waals surface area contributed by atoms with E-state index in [4.69, 9.17) is 9.47 Å². The van der Waals surface area contributed by atoms with E-state index >= 15 is 0 Å². The summed E-state index contributed by atoms with van der Waals surface area (Å²) in [5, 5.41) is 0. The molecule has 4 rings (SSSR count). The third-order valence-corrected chi connectivity index (χ3v) is 5.06. The van der Waals surface area contributed by atoms with Gasteiger partial charge in [0.1, 0.15) is 5.82 Å². The van der Waals surface area contributed by atoms with Crippen LogP contribution in [0.3, 0.4) is 0 Å². The fourth-order valence-corrected chi connectivity index (χ4v) is 3.56. The molecule has 2 aromatic rings. The number of piperidine rings is 1. The second-order valence-electron chi connectivity index (χ2n) is 6.84. The first kappa shape index (κ1) is 17.3. The highest BCUT2D eigenvalue weighted by atomic mass is 19.1. The van der Waals surface area contributed by atoms with Crippen molar-refractivity contribution in [2.45, 2.75) is 37.9 Å². The van der Waals surface area contributed by atoms with Crippen molar-refractivity contribution in [2.24, 2.45) is 0 Å². The van der Waals surface area contributed by atoms with Crippen LogP contribution in [0.15, 0.2) is 24.5 Å². The second-order valence-corrected chi connectivity index (χ2v) is 6.84. The zero-order valence-corrected chi connectivity index (χ0v) is 14.6. The Morgan fingerprint density at radius 2 is 1.92 bits per heavy atom. The minimum absolute atomic E-state index is 0.0525. The molecule has 0 radical (unpaired) electrons. The summed E-state index contributed by atoms with van der Waals surface area (Å²) >= 11 is 0. The molecule has 0 aliphatic carbocycles. The maximum Gasteiger partial charge on any atom is 0.256 e. The summed E-state index contributed by atoms with van der Waals surface area (Å²) in [4.78, 5) is 22.6. The van der Waals surface area contributed by atoms with E-state index in [9.17, 15) is 9.18 Å². The first-order valence-electron chi connectivity index (χ1n) is 9.13. The number of nitrogens with zero attached hydrogens (tertiary/aromatic N) is 3.